The van der Waals surface area contributed by atoms with Gasteiger partial charge >= 0.3 is 0 Å². The highest BCUT2D eigenvalue weighted by Gasteiger charge is 2.24. The van der Waals surface area contributed by atoms with Gasteiger partial charge in [-0.25, -0.2) is 8.42 Å². The topological polar surface area (TPSA) is 66.4 Å². The third kappa shape index (κ3) is 3.31. The zero-order chi connectivity index (χ0) is 13.2. The Bertz CT molecular complexity index is 495. The molecular weight excluding hydrogens is 250 g/mol. The molecule has 0 amide bonds. The molecule has 1 saturated carbocycles. The van der Waals surface area contributed by atoms with Gasteiger partial charge in [-0.05, 0) is 37.0 Å². The lowest BCUT2D eigenvalue weighted by Crippen LogP contribution is -2.35. The monoisotopic (exact) mass is 269 g/mol. The van der Waals surface area contributed by atoms with Gasteiger partial charge in [0, 0.05) is 18.8 Å². The molecule has 18 heavy (non-hydrogen) atoms. The molecular formula is C13H19NO3S. The van der Waals surface area contributed by atoms with E-state index in [0.717, 1.165) is 24.8 Å². The molecule has 0 unspecified atom stereocenters. The summed E-state index contributed by atoms with van der Waals surface area (Å²) in [4.78, 5) is 0.340. The Morgan fingerprint density at radius 1 is 1.28 bits per heavy atom. The number of aliphatic hydroxyl groups excluding tert-OH is 1. The van der Waals surface area contributed by atoms with Crippen molar-refractivity contribution in [2.24, 2.45) is 0 Å². The molecule has 4 nitrogen and oxygen atoms in total. The first-order chi connectivity index (χ1) is 8.47. The van der Waals surface area contributed by atoms with Gasteiger partial charge in [0.2, 0.25) is 0 Å². The predicted molar refractivity (Wildman–Crippen MR) is 70.0 cm³/mol. The third-order valence-electron chi connectivity index (χ3n) is 3.40. The highest BCUT2D eigenvalue weighted by Crippen LogP contribution is 2.19. The van der Waals surface area contributed by atoms with Gasteiger partial charge in [-0.1, -0.05) is 12.1 Å². The Morgan fingerprint density at radius 2 is 1.94 bits per heavy atom. The zero-order valence-corrected chi connectivity index (χ0v) is 11.3. The first-order valence-corrected chi connectivity index (χ1v) is 8.06. The summed E-state index contributed by atoms with van der Waals surface area (Å²) in [5.74, 6) is 0. The molecule has 5 heteroatoms. The summed E-state index contributed by atoms with van der Waals surface area (Å²) in [5, 5.41) is 13.0. The van der Waals surface area contributed by atoms with Crippen LogP contribution in [0.5, 0.6) is 0 Å². The van der Waals surface area contributed by atoms with E-state index in [2.05, 4.69) is 5.32 Å². The minimum Gasteiger partial charge on any atom is -0.392 e. The van der Waals surface area contributed by atoms with Crippen LogP contribution in [0.3, 0.4) is 0 Å². The summed E-state index contributed by atoms with van der Waals surface area (Å²) in [6, 6.07) is 7.03. The highest BCUT2D eigenvalue weighted by atomic mass is 32.2. The lowest BCUT2D eigenvalue weighted by atomic mass is 10.2. The van der Waals surface area contributed by atoms with Crippen molar-refractivity contribution in [3.63, 3.8) is 0 Å². The number of rotatable bonds is 4. The van der Waals surface area contributed by atoms with E-state index in [9.17, 15) is 13.5 Å². The molecule has 0 spiro atoms. The summed E-state index contributed by atoms with van der Waals surface area (Å²) >= 11 is 0. The Kier molecular flexibility index (Phi) is 4.04. The molecule has 2 atom stereocenters. The fourth-order valence-electron chi connectivity index (χ4n) is 2.28. The Labute approximate surface area is 108 Å². The molecule has 0 aliphatic heterocycles. The molecule has 0 saturated heterocycles. The van der Waals surface area contributed by atoms with E-state index in [1.807, 2.05) is 12.1 Å². The first-order valence-electron chi connectivity index (χ1n) is 6.17. The van der Waals surface area contributed by atoms with Gasteiger partial charge in [-0.2, -0.15) is 0 Å². The van der Waals surface area contributed by atoms with E-state index >= 15 is 0 Å². The summed E-state index contributed by atoms with van der Waals surface area (Å²) in [6.07, 6.45) is 3.88. The van der Waals surface area contributed by atoms with Gasteiger partial charge in [0.05, 0.1) is 11.0 Å². The van der Waals surface area contributed by atoms with Crippen LogP contribution in [0.1, 0.15) is 24.8 Å². The normalized spacial score (nSPS) is 24.3. The minimum atomic E-state index is -3.12. The van der Waals surface area contributed by atoms with Crippen LogP contribution in [0.4, 0.5) is 0 Å². The van der Waals surface area contributed by atoms with Crippen molar-refractivity contribution in [3.05, 3.63) is 29.8 Å². The van der Waals surface area contributed by atoms with Gasteiger partial charge in [-0.15, -0.1) is 0 Å². The third-order valence-corrected chi connectivity index (χ3v) is 4.53. The number of hydrogen-bond acceptors (Lipinski definition) is 4. The van der Waals surface area contributed by atoms with E-state index in [-0.39, 0.29) is 12.1 Å². The minimum absolute atomic E-state index is 0.166. The Morgan fingerprint density at radius 3 is 2.44 bits per heavy atom. The van der Waals surface area contributed by atoms with Crippen molar-refractivity contribution in [2.75, 3.05) is 6.26 Å². The van der Waals surface area contributed by atoms with E-state index in [1.165, 1.54) is 6.26 Å². The van der Waals surface area contributed by atoms with Crippen molar-refractivity contribution < 1.29 is 13.5 Å². The average molecular weight is 269 g/mol. The molecule has 0 bridgehead atoms. The van der Waals surface area contributed by atoms with Crippen molar-refractivity contribution in [1.29, 1.82) is 0 Å². The molecule has 0 heterocycles. The van der Waals surface area contributed by atoms with E-state index in [4.69, 9.17) is 0 Å². The number of nitrogens with one attached hydrogen (secondary N) is 1. The van der Waals surface area contributed by atoms with Crippen molar-refractivity contribution >= 4 is 9.84 Å². The first kappa shape index (κ1) is 13.5. The van der Waals surface area contributed by atoms with Crippen LogP contribution in [0.15, 0.2) is 29.2 Å². The summed E-state index contributed by atoms with van der Waals surface area (Å²) in [6.45, 7) is 0.659. The van der Waals surface area contributed by atoms with Gasteiger partial charge in [-0.3, -0.25) is 0 Å². The Hall–Kier alpha value is -0.910. The molecule has 1 aliphatic rings. The number of benzene rings is 1. The van der Waals surface area contributed by atoms with Gasteiger partial charge in [0.25, 0.3) is 0 Å². The predicted octanol–water partition coefficient (Wildman–Crippen LogP) is 1.09. The van der Waals surface area contributed by atoms with Crippen LogP contribution >= 0.6 is 0 Å². The summed E-state index contributed by atoms with van der Waals surface area (Å²) in [5.41, 5.74) is 1.03. The smallest absolute Gasteiger partial charge is 0.175 e. The van der Waals surface area contributed by atoms with Crippen LogP contribution in [-0.2, 0) is 16.4 Å². The highest BCUT2D eigenvalue weighted by molar-refractivity contribution is 7.90. The maximum atomic E-state index is 11.3. The lowest BCUT2D eigenvalue weighted by Gasteiger charge is -2.16. The van der Waals surface area contributed by atoms with Crippen LogP contribution in [-0.4, -0.2) is 31.9 Å². The van der Waals surface area contributed by atoms with Gasteiger partial charge in [0.15, 0.2) is 9.84 Å². The average Bonchev–Trinajstić information content (AvgIpc) is 2.72. The molecule has 2 rings (SSSR count). The SMILES string of the molecule is CS(=O)(=O)c1ccc(CN[C@@H]2CCC[C@H]2O)cc1. The number of hydrogen-bond donors (Lipinski definition) is 2. The van der Waals surface area contributed by atoms with Crippen LogP contribution in [0, 0.1) is 0 Å². The molecule has 100 valence electrons. The maximum absolute atomic E-state index is 11.3. The Balaban J connectivity index is 1.94. The second-order valence-corrected chi connectivity index (χ2v) is 6.92. The number of aliphatic hydroxyl groups is 1. The van der Waals surface area contributed by atoms with Crippen LogP contribution in [0.2, 0.25) is 0 Å². The molecule has 0 aromatic heterocycles. The van der Waals surface area contributed by atoms with Gasteiger partial charge < -0.3 is 10.4 Å². The fourth-order valence-corrected chi connectivity index (χ4v) is 2.91. The van der Waals surface area contributed by atoms with Gasteiger partial charge in [0.1, 0.15) is 0 Å². The molecule has 1 aliphatic carbocycles. The van der Waals surface area contributed by atoms with Crippen molar-refractivity contribution in [2.45, 2.75) is 42.8 Å². The fraction of sp³-hybridized carbons (Fsp3) is 0.538. The molecule has 1 aromatic carbocycles. The molecule has 1 aromatic rings. The molecule has 1 fully saturated rings. The van der Waals surface area contributed by atoms with E-state index in [1.54, 1.807) is 12.1 Å². The second-order valence-electron chi connectivity index (χ2n) is 4.90. The number of sulfone groups is 1. The van der Waals surface area contributed by atoms with Crippen LogP contribution in [0.25, 0.3) is 0 Å². The maximum Gasteiger partial charge on any atom is 0.175 e. The van der Waals surface area contributed by atoms with E-state index < -0.39 is 9.84 Å². The lowest BCUT2D eigenvalue weighted by molar-refractivity contribution is 0.148. The molecule has 0 radical (unpaired) electrons. The molecule has 2 N–H and O–H groups in total. The summed E-state index contributed by atoms with van der Waals surface area (Å²) in [7, 11) is -3.12. The second kappa shape index (κ2) is 5.38. The quantitative estimate of drug-likeness (QED) is 0.859. The standard InChI is InChI=1S/C13H19NO3S/c1-18(16,17)11-7-5-10(6-8-11)9-14-12-3-2-4-13(12)15/h5-8,12-15H,2-4,9H2,1H3/t12-,13-/m1/s1. The van der Waals surface area contributed by atoms with Crippen LogP contribution < -0.4 is 5.32 Å². The summed E-state index contributed by atoms with van der Waals surface area (Å²) < 4.78 is 22.6. The largest absolute Gasteiger partial charge is 0.392 e. The van der Waals surface area contributed by atoms with E-state index in [0.29, 0.717) is 11.4 Å². The van der Waals surface area contributed by atoms with Crippen molar-refractivity contribution in [3.8, 4) is 0 Å². The van der Waals surface area contributed by atoms with Crippen molar-refractivity contribution in [1.82, 2.24) is 5.32 Å². The zero-order valence-electron chi connectivity index (χ0n) is 10.5.